The molecule has 3 nitrogen and oxygen atoms in total. The molecule has 0 heterocycles. The molecule has 1 atom stereocenters. The summed E-state index contributed by atoms with van der Waals surface area (Å²) in [7, 11) is 0. The third-order valence-corrected chi connectivity index (χ3v) is 4.03. The Morgan fingerprint density at radius 3 is 2.58 bits per heavy atom. The molecule has 1 saturated carbocycles. The van der Waals surface area contributed by atoms with E-state index in [0.29, 0.717) is 0 Å². The summed E-state index contributed by atoms with van der Waals surface area (Å²) in [5.74, 6) is 1.33. The van der Waals surface area contributed by atoms with Crippen LogP contribution in [0.3, 0.4) is 0 Å². The minimum absolute atomic E-state index is 0. The van der Waals surface area contributed by atoms with Gasteiger partial charge in [0.15, 0.2) is 0 Å². The molecule has 0 spiro atoms. The van der Waals surface area contributed by atoms with Gasteiger partial charge in [-0.25, -0.2) is 0 Å². The molecule has 1 rings (SSSR count). The Balaban J connectivity index is 0.00000324. The summed E-state index contributed by atoms with van der Waals surface area (Å²) in [5, 5.41) is 3.08. The molecule has 1 fully saturated rings. The van der Waals surface area contributed by atoms with E-state index in [4.69, 9.17) is 5.73 Å². The van der Waals surface area contributed by atoms with Gasteiger partial charge in [0.05, 0.1) is 0 Å². The molecule has 0 aromatic heterocycles. The molecule has 3 N–H and O–H groups in total. The van der Waals surface area contributed by atoms with Crippen molar-refractivity contribution in [1.29, 1.82) is 0 Å². The van der Waals surface area contributed by atoms with Crippen LogP contribution in [0.15, 0.2) is 0 Å². The highest BCUT2D eigenvalue weighted by Crippen LogP contribution is 2.31. The van der Waals surface area contributed by atoms with Gasteiger partial charge in [0, 0.05) is 12.5 Å². The van der Waals surface area contributed by atoms with E-state index < -0.39 is 0 Å². The number of nitrogens with two attached hydrogens (primary N) is 1. The maximum Gasteiger partial charge on any atom is 0.223 e. The van der Waals surface area contributed by atoms with Crippen molar-refractivity contribution in [2.24, 2.45) is 17.6 Å². The minimum atomic E-state index is 0. The number of rotatable bonds is 9. The van der Waals surface area contributed by atoms with Gasteiger partial charge in [-0.15, -0.1) is 12.4 Å². The topological polar surface area (TPSA) is 55.1 Å². The standard InChI is InChI=1S/C15H30N2O.ClH/c1-2-7-14(12-13-8-3-4-9-13)15(18)17-11-6-5-10-16;/h13-14H,2-12,16H2,1H3,(H,17,18);1H. The van der Waals surface area contributed by atoms with E-state index in [1.807, 2.05) is 0 Å². The number of unbranched alkanes of at least 4 members (excludes halogenated alkanes) is 1. The van der Waals surface area contributed by atoms with Gasteiger partial charge in [-0.2, -0.15) is 0 Å². The number of nitrogens with one attached hydrogen (secondary N) is 1. The van der Waals surface area contributed by atoms with Gasteiger partial charge in [-0.3, -0.25) is 4.79 Å². The molecule has 0 radical (unpaired) electrons. The highest BCUT2D eigenvalue weighted by molar-refractivity contribution is 5.85. The molecule has 4 heteroatoms. The smallest absolute Gasteiger partial charge is 0.223 e. The number of carbonyl (C=O) groups excluding carboxylic acids is 1. The summed E-state index contributed by atoms with van der Waals surface area (Å²) in [5.41, 5.74) is 5.45. The second-order valence-electron chi connectivity index (χ2n) is 5.66. The van der Waals surface area contributed by atoms with Crippen molar-refractivity contribution < 1.29 is 4.79 Å². The predicted molar refractivity (Wildman–Crippen MR) is 83.5 cm³/mol. The first-order valence-corrected chi connectivity index (χ1v) is 7.75. The van der Waals surface area contributed by atoms with Crippen LogP contribution in [0.2, 0.25) is 0 Å². The van der Waals surface area contributed by atoms with E-state index in [9.17, 15) is 4.79 Å². The van der Waals surface area contributed by atoms with Gasteiger partial charge in [0.25, 0.3) is 0 Å². The fourth-order valence-corrected chi connectivity index (χ4v) is 2.98. The van der Waals surface area contributed by atoms with Crippen LogP contribution in [0.1, 0.15) is 64.7 Å². The number of carbonyl (C=O) groups is 1. The predicted octanol–water partition coefficient (Wildman–Crippen LogP) is 3.26. The molecule has 1 amide bonds. The number of amides is 1. The van der Waals surface area contributed by atoms with Crippen LogP contribution in [0.4, 0.5) is 0 Å². The Morgan fingerprint density at radius 1 is 1.32 bits per heavy atom. The second-order valence-corrected chi connectivity index (χ2v) is 5.66. The van der Waals surface area contributed by atoms with Crippen LogP contribution in [0.5, 0.6) is 0 Å². The van der Waals surface area contributed by atoms with E-state index in [2.05, 4.69) is 12.2 Å². The molecule has 0 aromatic rings. The molecule has 1 unspecified atom stereocenters. The molecule has 0 bridgehead atoms. The lowest BCUT2D eigenvalue weighted by Crippen LogP contribution is -2.32. The van der Waals surface area contributed by atoms with Crippen LogP contribution in [0, 0.1) is 11.8 Å². The molecule has 114 valence electrons. The zero-order valence-electron chi connectivity index (χ0n) is 12.3. The zero-order chi connectivity index (χ0) is 13.2. The molecule has 19 heavy (non-hydrogen) atoms. The zero-order valence-corrected chi connectivity index (χ0v) is 13.1. The van der Waals surface area contributed by atoms with Crippen molar-refractivity contribution in [2.75, 3.05) is 13.1 Å². The van der Waals surface area contributed by atoms with Gasteiger partial charge < -0.3 is 11.1 Å². The van der Waals surface area contributed by atoms with E-state index in [0.717, 1.165) is 51.1 Å². The fourth-order valence-electron chi connectivity index (χ4n) is 2.98. The van der Waals surface area contributed by atoms with Gasteiger partial charge >= 0.3 is 0 Å². The SMILES string of the molecule is CCCC(CC1CCCC1)C(=O)NCCCCN.Cl. The van der Waals surface area contributed by atoms with Crippen LogP contribution in [0.25, 0.3) is 0 Å². The van der Waals surface area contributed by atoms with E-state index in [-0.39, 0.29) is 24.2 Å². The molecular formula is C15H31ClN2O. The summed E-state index contributed by atoms with van der Waals surface area (Å²) in [6, 6.07) is 0. The summed E-state index contributed by atoms with van der Waals surface area (Å²) in [6.07, 6.45) is 10.7. The van der Waals surface area contributed by atoms with Crippen molar-refractivity contribution in [3.8, 4) is 0 Å². The van der Waals surface area contributed by atoms with E-state index >= 15 is 0 Å². The number of hydrogen-bond acceptors (Lipinski definition) is 2. The third-order valence-electron chi connectivity index (χ3n) is 4.03. The first kappa shape index (κ1) is 18.7. The van der Waals surface area contributed by atoms with E-state index in [1.54, 1.807) is 0 Å². The first-order chi connectivity index (χ1) is 8.77. The maximum atomic E-state index is 12.1. The number of hydrogen-bond donors (Lipinski definition) is 2. The van der Waals surface area contributed by atoms with Gasteiger partial charge in [0.2, 0.25) is 5.91 Å². The summed E-state index contributed by atoms with van der Waals surface area (Å²) >= 11 is 0. The lowest BCUT2D eigenvalue weighted by molar-refractivity contribution is -0.125. The largest absolute Gasteiger partial charge is 0.356 e. The lowest BCUT2D eigenvalue weighted by atomic mass is 9.89. The van der Waals surface area contributed by atoms with Crippen molar-refractivity contribution in [1.82, 2.24) is 5.32 Å². The fraction of sp³-hybridized carbons (Fsp3) is 0.933. The molecular weight excluding hydrogens is 260 g/mol. The Morgan fingerprint density at radius 2 is 2.00 bits per heavy atom. The van der Waals surface area contributed by atoms with Crippen molar-refractivity contribution in [3.63, 3.8) is 0 Å². The number of halogens is 1. The van der Waals surface area contributed by atoms with Crippen molar-refractivity contribution in [2.45, 2.75) is 64.7 Å². The Labute approximate surface area is 124 Å². The van der Waals surface area contributed by atoms with Gasteiger partial charge in [-0.05, 0) is 38.1 Å². The quantitative estimate of drug-likeness (QED) is 0.641. The highest BCUT2D eigenvalue weighted by Gasteiger charge is 2.24. The minimum Gasteiger partial charge on any atom is -0.356 e. The maximum absolute atomic E-state index is 12.1. The first-order valence-electron chi connectivity index (χ1n) is 7.75. The molecule has 1 aliphatic rings. The van der Waals surface area contributed by atoms with Crippen LogP contribution < -0.4 is 11.1 Å². The average molecular weight is 291 g/mol. The summed E-state index contributed by atoms with van der Waals surface area (Å²) in [6.45, 7) is 3.68. The van der Waals surface area contributed by atoms with Crippen LogP contribution in [-0.2, 0) is 4.79 Å². The van der Waals surface area contributed by atoms with Crippen molar-refractivity contribution in [3.05, 3.63) is 0 Å². The normalized spacial score (nSPS) is 16.9. The summed E-state index contributed by atoms with van der Waals surface area (Å²) in [4.78, 5) is 12.1. The molecule has 0 aromatic carbocycles. The van der Waals surface area contributed by atoms with Gasteiger partial charge in [-0.1, -0.05) is 39.0 Å². The van der Waals surface area contributed by atoms with Gasteiger partial charge in [0.1, 0.15) is 0 Å². The third kappa shape index (κ3) is 7.78. The van der Waals surface area contributed by atoms with Crippen LogP contribution >= 0.6 is 12.4 Å². The molecule has 0 saturated heterocycles. The average Bonchev–Trinajstić information content (AvgIpc) is 2.87. The Bertz CT molecular complexity index is 230. The second kappa shape index (κ2) is 11.5. The monoisotopic (exact) mass is 290 g/mol. The Kier molecular flexibility index (Phi) is 11.4. The van der Waals surface area contributed by atoms with Crippen molar-refractivity contribution >= 4 is 18.3 Å². The highest BCUT2D eigenvalue weighted by atomic mass is 35.5. The summed E-state index contributed by atoms with van der Waals surface area (Å²) < 4.78 is 0. The Hall–Kier alpha value is -0.280. The van der Waals surface area contributed by atoms with E-state index in [1.165, 1.54) is 25.7 Å². The lowest BCUT2D eigenvalue weighted by Gasteiger charge is -2.19. The molecule has 0 aliphatic heterocycles. The molecule has 1 aliphatic carbocycles. The van der Waals surface area contributed by atoms with Crippen LogP contribution in [-0.4, -0.2) is 19.0 Å².